The van der Waals surface area contributed by atoms with Crippen molar-refractivity contribution in [1.29, 1.82) is 0 Å². The number of hydrogen-bond donors (Lipinski definition) is 6. The third-order valence-corrected chi connectivity index (χ3v) is 10.5. The molecule has 0 bridgehead atoms. The second-order valence-electron chi connectivity index (χ2n) is 14.1. The zero-order chi connectivity index (χ0) is 41.1. The standard InChI is InChI=1S/C20H24FN5O3.C20H25N5O3/c1-22-18(27)16-17(24-11-23-16)19(28)25-14-7-3-12(4-8-14)20(29)26(2)15-9-5-13(21)6-10-15;1-21-18(26)16-17(23-12-22-16)19(27)24-14-10-8-13(9-11-14)20(28)25(2)15-6-4-3-5-7-15/h5-6,9-12,14H,3-4,7-8H2,1-2H3,(H,22,27)(H,23,24)(H,25,28);3-7,12-14H,8-11H2,1-2H3,(H,21,26)(H,22,23)(H,24,27). The molecule has 2 aromatic carbocycles. The van der Waals surface area contributed by atoms with Crippen molar-refractivity contribution < 1.29 is 33.2 Å². The molecule has 6 rings (SSSR count). The minimum absolute atomic E-state index is 0.0180. The molecule has 302 valence electrons. The van der Waals surface area contributed by atoms with Crippen LogP contribution in [0.1, 0.15) is 93.3 Å². The van der Waals surface area contributed by atoms with E-state index in [4.69, 9.17) is 0 Å². The summed E-state index contributed by atoms with van der Waals surface area (Å²) in [6, 6.07) is 15.3. The first-order valence-corrected chi connectivity index (χ1v) is 18.9. The van der Waals surface area contributed by atoms with Gasteiger partial charge in [-0.1, -0.05) is 18.2 Å². The molecule has 0 unspecified atom stereocenters. The quantitative estimate of drug-likeness (QED) is 0.140. The van der Waals surface area contributed by atoms with Gasteiger partial charge < -0.3 is 41.0 Å². The number of carbonyl (C=O) groups excluding carboxylic acids is 6. The second kappa shape index (κ2) is 19.5. The maximum absolute atomic E-state index is 13.1. The zero-order valence-corrected chi connectivity index (χ0v) is 32.4. The van der Waals surface area contributed by atoms with E-state index in [1.807, 2.05) is 30.3 Å². The molecule has 57 heavy (non-hydrogen) atoms. The molecular weight excluding hydrogens is 736 g/mol. The molecule has 6 amide bonds. The Morgan fingerprint density at radius 2 is 0.965 bits per heavy atom. The van der Waals surface area contributed by atoms with Gasteiger partial charge in [0.25, 0.3) is 23.6 Å². The van der Waals surface area contributed by atoms with Crippen LogP contribution in [0.15, 0.2) is 67.3 Å². The predicted octanol–water partition coefficient (Wildman–Crippen LogP) is 3.58. The topological polar surface area (TPSA) is 214 Å². The molecular formula is C40H49FN10O6. The summed E-state index contributed by atoms with van der Waals surface area (Å²) in [5.41, 5.74) is 1.93. The van der Waals surface area contributed by atoms with E-state index < -0.39 is 11.8 Å². The van der Waals surface area contributed by atoms with Gasteiger partial charge >= 0.3 is 0 Å². The van der Waals surface area contributed by atoms with E-state index in [9.17, 15) is 33.2 Å². The summed E-state index contributed by atoms with van der Waals surface area (Å²) in [5, 5.41) is 10.8. The predicted molar refractivity (Wildman–Crippen MR) is 210 cm³/mol. The number of halogens is 1. The number of aromatic amines is 2. The number of carbonyl (C=O) groups is 6. The summed E-state index contributed by atoms with van der Waals surface area (Å²) in [6.45, 7) is 0. The molecule has 2 aliphatic rings. The van der Waals surface area contributed by atoms with Crippen molar-refractivity contribution >= 4 is 46.8 Å². The number of anilines is 2. The van der Waals surface area contributed by atoms with E-state index in [0.29, 0.717) is 57.1 Å². The molecule has 2 aromatic heterocycles. The fourth-order valence-electron chi connectivity index (χ4n) is 7.12. The van der Waals surface area contributed by atoms with Gasteiger partial charge in [0.1, 0.15) is 17.2 Å². The average molecular weight is 785 g/mol. The van der Waals surface area contributed by atoms with Gasteiger partial charge in [-0.05, 0) is 87.8 Å². The number of nitrogens with zero attached hydrogens (tertiary/aromatic N) is 4. The van der Waals surface area contributed by atoms with Gasteiger partial charge in [-0.2, -0.15) is 0 Å². The summed E-state index contributed by atoms with van der Waals surface area (Å²) < 4.78 is 13.1. The lowest BCUT2D eigenvalue weighted by molar-refractivity contribution is -0.123. The zero-order valence-electron chi connectivity index (χ0n) is 32.4. The maximum atomic E-state index is 13.1. The normalized spacial score (nSPS) is 18.8. The molecule has 0 aliphatic heterocycles. The maximum Gasteiger partial charge on any atom is 0.272 e. The van der Waals surface area contributed by atoms with Gasteiger partial charge in [0.05, 0.1) is 12.7 Å². The number of benzene rings is 2. The lowest BCUT2D eigenvalue weighted by atomic mass is 9.85. The monoisotopic (exact) mass is 784 g/mol. The van der Waals surface area contributed by atoms with E-state index in [-0.39, 0.29) is 76.1 Å². The number of hydrogen-bond acceptors (Lipinski definition) is 8. The molecule has 6 N–H and O–H groups in total. The van der Waals surface area contributed by atoms with E-state index in [0.717, 1.165) is 5.69 Å². The van der Waals surface area contributed by atoms with Crippen LogP contribution >= 0.6 is 0 Å². The minimum atomic E-state index is -0.414. The molecule has 16 nitrogen and oxygen atoms in total. The third kappa shape index (κ3) is 10.5. The van der Waals surface area contributed by atoms with Crippen molar-refractivity contribution in [3.8, 4) is 0 Å². The van der Waals surface area contributed by atoms with Crippen LogP contribution in [0, 0.1) is 17.7 Å². The number of para-hydroxylation sites is 1. The Balaban J connectivity index is 0.000000218. The molecule has 17 heteroatoms. The van der Waals surface area contributed by atoms with E-state index >= 15 is 0 Å². The number of rotatable bonds is 10. The molecule has 2 saturated carbocycles. The highest BCUT2D eigenvalue weighted by atomic mass is 19.1. The van der Waals surface area contributed by atoms with Gasteiger partial charge in [0.15, 0.2) is 11.4 Å². The first-order valence-electron chi connectivity index (χ1n) is 18.9. The van der Waals surface area contributed by atoms with Crippen LogP contribution in [0.3, 0.4) is 0 Å². The highest BCUT2D eigenvalue weighted by Crippen LogP contribution is 2.29. The van der Waals surface area contributed by atoms with Crippen LogP contribution in [-0.4, -0.2) is 95.7 Å². The molecule has 0 radical (unpaired) electrons. The number of nitrogens with one attached hydrogen (secondary N) is 6. The Morgan fingerprint density at radius 1 is 0.579 bits per heavy atom. The van der Waals surface area contributed by atoms with Gasteiger partial charge in [-0.25, -0.2) is 14.4 Å². The summed E-state index contributed by atoms with van der Waals surface area (Å²) in [6.07, 6.45) is 8.06. The molecule has 2 fully saturated rings. The van der Waals surface area contributed by atoms with Crippen molar-refractivity contribution in [1.82, 2.24) is 41.2 Å². The van der Waals surface area contributed by atoms with Crippen molar-refractivity contribution in [3.63, 3.8) is 0 Å². The fraction of sp³-hybridized carbons (Fsp3) is 0.400. The minimum Gasteiger partial charge on any atom is -0.354 e. The van der Waals surface area contributed by atoms with Crippen LogP contribution in [0.25, 0.3) is 0 Å². The Morgan fingerprint density at radius 3 is 1.35 bits per heavy atom. The largest absolute Gasteiger partial charge is 0.354 e. The van der Waals surface area contributed by atoms with Crippen molar-refractivity contribution in [2.75, 3.05) is 38.0 Å². The second-order valence-corrected chi connectivity index (χ2v) is 14.1. The lowest BCUT2D eigenvalue weighted by Gasteiger charge is -2.31. The van der Waals surface area contributed by atoms with E-state index in [1.54, 1.807) is 36.0 Å². The molecule has 2 heterocycles. The Labute approximate surface area is 329 Å². The number of aromatic nitrogens is 4. The lowest BCUT2D eigenvalue weighted by Crippen LogP contribution is -2.42. The van der Waals surface area contributed by atoms with Crippen LogP contribution in [-0.2, 0) is 9.59 Å². The van der Waals surface area contributed by atoms with E-state index in [1.165, 1.54) is 38.9 Å². The molecule has 0 spiro atoms. The smallest absolute Gasteiger partial charge is 0.272 e. The average Bonchev–Trinajstić information content (AvgIpc) is 3.95. The Kier molecular flexibility index (Phi) is 14.3. The van der Waals surface area contributed by atoms with Crippen molar-refractivity contribution in [2.24, 2.45) is 11.8 Å². The van der Waals surface area contributed by atoms with Gasteiger partial charge in [0.2, 0.25) is 11.8 Å². The first kappa shape index (κ1) is 41.8. The van der Waals surface area contributed by atoms with E-state index in [2.05, 4.69) is 41.2 Å². The fourth-order valence-corrected chi connectivity index (χ4v) is 7.12. The van der Waals surface area contributed by atoms with Crippen LogP contribution in [0.5, 0.6) is 0 Å². The molecule has 0 saturated heterocycles. The number of H-pyrrole nitrogens is 2. The van der Waals surface area contributed by atoms with Crippen molar-refractivity contribution in [2.45, 2.75) is 63.5 Å². The van der Waals surface area contributed by atoms with Gasteiger partial charge in [-0.3, -0.25) is 28.8 Å². The molecule has 4 aromatic rings. The van der Waals surface area contributed by atoms with Crippen LogP contribution < -0.4 is 31.1 Å². The number of imidazole rings is 2. The van der Waals surface area contributed by atoms with Gasteiger partial charge in [0, 0.05) is 63.5 Å². The summed E-state index contributed by atoms with van der Waals surface area (Å²) >= 11 is 0. The third-order valence-electron chi connectivity index (χ3n) is 10.5. The highest BCUT2D eigenvalue weighted by Gasteiger charge is 2.32. The van der Waals surface area contributed by atoms with Gasteiger partial charge in [-0.15, -0.1) is 0 Å². The first-order chi connectivity index (χ1) is 27.4. The number of amides is 6. The van der Waals surface area contributed by atoms with Crippen molar-refractivity contribution in [3.05, 3.63) is 95.8 Å². The van der Waals surface area contributed by atoms with Crippen LogP contribution in [0.4, 0.5) is 15.8 Å². The SMILES string of the molecule is CNC(=O)c1[nH]cnc1C(=O)NC1CCC(C(=O)N(C)c2ccc(F)cc2)CC1.CNC(=O)c1[nH]cnc1C(=O)NC1CCC(C(=O)N(C)c2ccccc2)CC1. The Hall–Kier alpha value is -6.39. The summed E-state index contributed by atoms with van der Waals surface area (Å²) in [7, 11) is 6.45. The molecule has 0 atom stereocenters. The summed E-state index contributed by atoms with van der Waals surface area (Å²) in [4.78, 5) is 90.5. The van der Waals surface area contributed by atoms with Crippen LogP contribution in [0.2, 0.25) is 0 Å². The molecule has 2 aliphatic carbocycles. The Bertz CT molecular complexity index is 2020. The highest BCUT2D eigenvalue weighted by molar-refractivity contribution is 6.05. The summed E-state index contributed by atoms with van der Waals surface area (Å²) in [5.74, 6) is -2.05.